The van der Waals surface area contributed by atoms with E-state index in [0.29, 0.717) is 30.5 Å². The van der Waals surface area contributed by atoms with E-state index >= 15 is 0 Å². The van der Waals surface area contributed by atoms with E-state index < -0.39 is 0 Å². The Morgan fingerprint density at radius 2 is 1.52 bits per heavy atom. The molecule has 1 saturated heterocycles. The molecule has 1 aromatic carbocycles. The Balaban J connectivity index is 1.18. The number of carbonyl (C=O) groups excluding carboxylic acids is 3. The summed E-state index contributed by atoms with van der Waals surface area (Å²) in [5, 5.41) is 0. The molecule has 0 unspecified atom stereocenters. The highest BCUT2D eigenvalue weighted by Crippen LogP contribution is 2.25. The molecule has 1 aromatic rings. The maximum atomic E-state index is 12.6. The Morgan fingerprint density at radius 1 is 0.897 bits per heavy atom. The molecule has 2 aliphatic heterocycles. The molecule has 0 radical (unpaired) electrons. The third kappa shape index (κ3) is 4.53. The molecule has 6 nitrogen and oxygen atoms in total. The van der Waals surface area contributed by atoms with E-state index in [9.17, 15) is 14.4 Å². The van der Waals surface area contributed by atoms with Crippen LogP contribution in [0.15, 0.2) is 24.3 Å². The van der Waals surface area contributed by atoms with Crippen LogP contribution in [0.4, 0.5) is 0 Å². The van der Waals surface area contributed by atoms with Crippen LogP contribution >= 0.6 is 0 Å². The van der Waals surface area contributed by atoms with Gasteiger partial charge in [0, 0.05) is 45.7 Å². The van der Waals surface area contributed by atoms with E-state index in [1.807, 2.05) is 4.90 Å². The van der Waals surface area contributed by atoms with E-state index in [-0.39, 0.29) is 17.7 Å². The molecule has 156 valence electrons. The standard InChI is InChI=1S/C23H31N3O3/c27-21(25-15-13-24(14-16-25)17-18-7-2-1-3-8-18)11-6-12-26-22(28)19-9-4-5-10-20(19)23(26)29/h4-5,9-10,18H,1-3,6-8,11-17H2. The van der Waals surface area contributed by atoms with Gasteiger partial charge in [0.1, 0.15) is 0 Å². The van der Waals surface area contributed by atoms with Crippen molar-refractivity contribution in [3.63, 3.8) is 0 Å². The van der Waals surface area contributed by atoms with Crippen LogP contribution in [0.2, 0.25) is 0 Å². The molecule has 3 amide bonds. The number of imide groups is 1. The van der Waals surface area contributed by atoms with E-state index in [1.165, 1.54) is 43.5 Å². The molecule has 2 heterocycles. The van der Waals surface area contributed by atoms with Crippen LogP contribution in [0.3, 0.4) is 0 Å². The minimum atomic E-state index is -0.241. The summed E-state index contributed by atoms with van der Waals surface area (Å²) < 4.78 is 0. The second-order valence-corrected chi connectivity index (χ2v) is 8.60. The number of hydrogen-bond donors (Lipinski definition) is 0. The van der Waals surface area contributed by atoms with Gasteiger partial charge in [-0.3, -0.25) is 24.2 Å². The predicted octanol–water partition coefficient (Wildman–Crippen LogP) is 2.79. The minimum Gasteiger partial charge on any atom is -0.340 e. The summed E-state index contributed by atoms with van der Waals surface area (Å²) >= 11 is 0. The summed E-state index contributed by atoms with van der Waals surface area (Å²) in [4.78, 5) is 43.1. The average Bonchev–Trinajstić information content (AvgIpc) is 3.00. The molecular formula is C23H31N3O3. The topological polar surface area (TPSA) is 60.9 Å². The number of nitrogens with zero attached hydrogens (tertiary/aromatic N) is 3. The van der Waals surface area contributed by atoms with Gasteiger partial charge in [-0.15, -0.1) is 0 Å². The number of rotatable bonds is 6. The third-order valence-corrected chi connectivity index (χ3v) is 6.62. The minimum absolute atomic E-state index is 0.138. The van der Waals surface area contributed by atoms with Gasteiger partial charge < -0.3 is 4.90 Å². The third-order valence-electron chi connectivity index (χ3n) is 6.62. The van der Waals surface area contributed by atoms with E-state index in [4.69, 9.17) is 0 Å². The highest BCUT2D eigenvalue weighted by Gasteiger charge is 2.34. The van der Waals surface area contributed by atoms with Gasteiger partial charge in [0.05, 0.1) is 11.1 Å². The van der Waals surface area contributed by atoms with Gasteiger partial charge in [0.25, 0.3) is 11.8 Å². The number of carbonyl (C=O) groups is 3. The van der Waals surface area contributed by atoms with Crippen LogP contribution in [0.5, 0.6) is 0 Å². The number of fused-ring (bicyclic) bond motifs is 1. The number of hydrogen-bond acceptors (Lipinski definition) is 4. The fraction of sp³-hybridized carbons (Fsp3) is 0.609. The molecule has 0 spiro atoms. The molecular weight excluding hydrogens is 366 g/mol. The summed E-state index contributed by atoms with van der Waals surface area (Å²) in [6.45, 7) is 4.99. The maximum absolute atomic E-state index is 12.6. The van der Waals surface area contributed by atoms with Crippen LogP contribution in [0.25, 0.3) is 0 Å². The molecule has 1 saturated carbocycles. The predicted molar refractivity (Wildman–Crippen MR) is 111 cm³/mol. The summed E-state index contributed by atoms with van der Waals surface area (Å²) in [6, 6.07) is 6.91. The lowest BCUT2D eigenvalue weighted by Gasteiger charge is -2.37. The first-order valence-corrected chi connectivity index (χ1v) is 11.1. The Hall–Kier alpha value is -2.21. The van der Waals surface area contributed by atoms with Crippen molar-refractivity contribution in [2.24, 2.45) is 5.92 Å². The van der Waals surface area contributed by atoms with Gasteiger partial charge in [0.2, 0.25) is 5.91 Å². The molecule has 3 aliphatic rings. The molecule has 0 bridgehead atoms. The van der Waals surface area contributed by atoms with Crippen molar-refractivity contribution in [3.05, 3.63) is 35.4 Å². The van der Waals surface area contributed by atoms with Crippen molar-refractivity contribution in [1.82, 2.24) is 14.7 Å². The summed E-state index contributed by atoms with van der Waals surface area (Å²) in [5.41, 5.74) is 0.941. The van der Waals surface area contributed by atoms with Gasteiger partial charge in [-0.2, -0.15) is 0 Å². The molecule has 0 aromatic heterocycles. The second kappa shape index (κ2) is 9.08. The first-order valence-electron chi connectivity index (χ1n) is 11.1. The van der Waals surface area contributed by atoms with Crippen molar-refractivity contribution in [2.75, 3.05) is 39.3 Å². The molecule has 4 rings (SSSR count). The van der Waals surface area contributed by atoms with Crippen molar-refractivity contribution in [2.45, 2.75) is 44.9 Å². The molecule has 6 heteroatoms. The average molecular weight is 398 g/mol. The largest absolute Gasteiger partial charge is 0.340 e. The van der Waals surface area contributed by atoms with Crippen LogP contribution in [-0.4, -0.2) is 71.7 Å². The highest BCUT2D eigenvalue weighted by atomic mass is 16.2. The van der Waals surface area contributed by atoms with Crippen LogP contribution < -0.4 is 0 Å². The van der Waals surface area contributed by atoms with E-state index in [1.54, 1.807) is 24.3 Å². The van der Waals surface area contributed by atoms with Crippen LogP contribution in [0.1, 0.15) is 65.7 Å². The zero-order valence-electron chi connectivity index (χ0n) is 17.1. The molecule has 29 heavy (non-hydrogen) atoms. The highest BCUT2D eigenvalue weighted by molar-refractivity contribution is 6.21. The Labute approximate surface area is 172 Å². The number of piperazine rings is 1. The monoisotopic (exact) mass is 397 g/mol. The van der Waals surface area contributed by atoms with Crippen molar-refractivity contribution >= 4 is 17.7 Å². The van der Waals surface area contributed by atoms with E-state index in [2.05, 4.69) is 4.90 Å². The van der Waals surface area contributed by atoms with Crippen molar-refractivity contribution in [1.29, 1.82) is 0 Å². The molecule has 2 fully saturated rings. The van der Waals surface area contributed by atoms with Gasteiger partial charge >= 0.3 is 0 Å². The summed E-state index contributed by atoms with van der Waals surface area (Å²) in [6.07, 6.45) is 7.75. The fourth-order valence-electron chi connectivity index (χ4n) is 4.90. The number of amides is 3. The van der Waals surface area contributed by atoms with E-state index in [0.717, 1.165) is 32.1 Å². The smallest absolute Gasteiger partial charge is 0.261 e. The lowest BCUT2D eigenvalue weighted by molar-refractivity contribution is -0.133. The maximum Gasteiger partial charge on any atom is 0.261 e. The molecule has 1 aliphatic carbocycles. The molecule has 0 atom stereocenters. The first-order chi connectivity index (χ1) is 14.1. The Morgan fingerprint density at radius 3 is 2.14 bits per heavy atom. The van der Waals surface area contributed by atoms with Crippen LogP contribution in [0, 0.1) is 5.92 Å². The summed E-state index contributed by atoms with van der Waals surface area (Å²) in [7, 11) is 0. The van der Waals surface area contributed by atoms with Crippen LogP contribution in [-0.2, 0) is 4.79 Å². The number of benzene rings is 1. The van der Waals surface area contributed by atoms with Gasteiger partial charge in [-0.1, -0.05) is 31.4 Å². The molecule has 0 N–H and O–H groups in total. The Bertz CT molecular complexity index is 729. The quantitative estimate of drug-likeness (QED) is 0.693. The zero-order chi connectivity index (χ0) is 20.2. The van der Waals surface area contributed by atoms with Crippen molar-refractivity contribution < 1.29 is 14.4 Å². The normalized spacial score (nSPS) is 21.0. The Kier molecular flexibility index (Phi) is 6.28. The second-order valence-electron chi connectivity index (χ2n) is 8.60. The first kappa shape index (κ1) is 20.1. The lowest BCUT2D eigenvalue weighted by atomic mass is 9.89. The van der Waals surface area contributed by atoms with Gasteiger partial charge in [0.15, 0.2) is 0 Å². The summed E-state index contributed by atoms with van der Waals surface area (Å²) in [5.74, 6) is 0.494. The van der Waals surface area contributed by atoms with Gasteiger partial charge in [-0.25, -0.2) is 0 Å². The van der Waals surface area contributed by atoms with Gasteiger partial charge in [-0.05, 0) is 37.3 Å². The zero-order valence-corrected chi connectivity index (χ0v) is 17.1. The lowest BCUT2D eigenvalue weighted by Crippen LogP contribution is -2.50. The van der Waals surface area contributed by atoms with Crippen molar-refractivity contribution in [3.8, 4) is 0 Å². The fourth-order valence-corrected chi connectivity index (χ4v) is 4.90. The SMILES string of the molecule is O=C(CCCN1C(=O)c2ccccc2C1=O)N1CCN(CC2CCCCC2)CC1.